The maximum Gasteiger partial charge on any atom is 0.322 e. The molecule has 2 heterocycles. The lowest BCUT2D eigenvalue weighted by atomic mass is 10.1. The molecule has 0 aliphatic carbocycles. The lowest BCUT2D eigenvalue weighted by molar-refractivity contribution is -0.108. The molecule has 0 bridgehead atoms. The highest BCUT2D eigenvalue weighted by Gasteiger charge is 2.29. The number of nitrogens with zero attached hydrogens (tertiary/aromatic N) is 1. The molecule has 1 atom stereocenters. The molecule has 3 N–H and O–H groups in total. The summed E-state index contributed by atoms with van der Waals surface area (Å²) in [4.78, 5) is 40.1. The van der Waals surface area contributed by atoms with Crippen LogP contribution >= 0.6 is 0 Å². The fourth-order valence-corrected chi connectivity index (χ4v) is 3.51. The number of aromatic amines is 1. The Kier molecular flexibility index (Phi) is 5.58. The van der Waals surface area contributed by atoms with E-state index in [0.717, 1.165) is 22.0 Å². The van der Waals surface area contributed by atoms with Gasteiger partial charge in [0.05, 0.1) is 13.7 Å². The van der Waals surface area contributed by atoms with Gasteiger partial charge in [-0.05, 0) is 41.3 Å². The second-order valence-corrected chi connectivity index (χ2v) is 7.05. The highest BCUT2D eigenvalue weighted by molar-refractivity contribution is 5.98. The van der Waals surface area contributed by atoms with Gasteiger partial charge in [-0.1, -0.05) is 24.0 Å². The average molecular weight is 416 g/mol. The van der Waals surface area contributed by atoms with Gasteiger partial charge in [-0.2, -0.15) is 0 Å². The number of methoxy groups -OCH3 is 1. The molecule has 1 aliphatic heterocycles. The number of fused-ring (bicyclic) bond motifs is 2. The fraction of sp³-hybridized carbons (Fsp3) is 0.174. The summed E-state index contributed by atoms with van der Waals surface area (Å²) in [5, 5.41) is 5.75. The van der Waals surface area contributed by atoms with Crippen LogP contribution in [0.15, 0.2) is 48.7 Å². The van der Waals surface area contributed by atoms with Crippen molar-refractivity contribution in [3.05, 3.63) is 65.4 Å². The molecule has 4 amide bonds. The molecule has 0 saturated carbocycles. The van der Waals surface area contributed by atoms with E-state index in [1.54, 1.807) is 24.1 Å². The second-order valence-electron chi connectivity index (χ2n) is 7.05. The Hall–Kier alpha value is -4.25. The third-order valence-electron chi connectivity index (χ3n) is 5.04. The fourth-order valence-electron chi connectivity index (χ4n) is 3.51. The van der Waals surface area contributed by atoms with Gasteiger partial charge in [0, 0.05) is 29.4 Å². The quantitative estimate of drug-likeness (QED) is 0.437. The maximum absolute atomic E-state index is 12.8. The highest BCUT2D eigenvalue weighted by Crippen LogP contribution is 2.26. The molecule has 0 saturated heterocycles. The minimum atomic E-state index is -0.681. The Labute approximate surface area is 178 Å². The molecule has 31 heavy (non-hydrogen) atoms. The van der Waals surface area contributed by atoms with Crippen molar-refractivity contribution in [1.82, 2.24) is 20.5 Å². The number of hydrogen-bond donors (Lipinski definition) is 3. The molecule has 4 rings (SSSR count). The summed E-state index contributed by atoms with van der Waals surface area (Å²) in [6, 6.07) is 11.7. The lowest BCUT2D eigenvalue weighted by Gasteiger charge is -2.21. The number of amides is 4. The van der Waals surface area contributed by atoms with Crippen LogP contribution in [0.5, 0.6) is 5.75 Å². The van der Waals surface area contributed by atoms with Crippen molar-refractivity contribution in [3.8, 4) is 17.6 Å². The molecule has 8 heteroatoms. The summed E-state index contributed by atoms with van der Waals surface area (Å²) in [5.41, 5.74) is 3.17. The Morgan fingerprint density at radius 3 is 2.97 bits per heavy atom. The van der Waals surface area contributed by atoms with Gasteiger partial charge < -0.3 is 19.9 Å². The van der Waals surface area contributed by atoms with Crippen molar-refractivity contribution in [1.29, 1.82) is 0 Å². The first-order valence-electron chi connectivity index (χ1n) is 9.63. The standard InChI is InChI=1S/C23H20N4O4/c1-31-19-7-5-17-12-27(22(29)20(17)11-19)13-18(26-23(30)25-14-28)6-3-15-2-4-16-8-9-24-21(16)10-15/h2,4-5,7-11,14,18,24H,12-13H2,1H3,(H2,25,26,28,30)/t18-/m1/s1. The van der Waals surface area contributed by atoms with Gasteiger partial charge >= 0.3 is 6.03 Å². The van der Waals surface area contributed by atoms with Crippen LogP contribution in [0.3, 0.4) is 0 Å². The average Bonchev–Trinajstić information content (AvgIpc) is 3.36. The van der Waals surface area contributed by atoms with Crippen molar-refractivity contribution in [3.63, 3.8) is 0 Å². The van der Waals surface area contributed by atoms with E-state index >= 15 is 0 Å². The summed E-state index contributed by atoms with van der Waals surface area (Å²) in [5.74, 6) is 6.50. The van der Waals surface area contributed by atoms with Gasteiger partial charge in [0.25, 0.3) is 5.91 Å². The van der Waals surface area contributed by atoms with Crippen LogP contribution in [0.25, 0.3) is 10.9 Å². The van der Waals surface area contributed by atoms with E-state index in [1.165, 1.54) is 0 Å². The molecule has 0 spiro atoms. The first-order chi connectivity index (χ1) is 15.1. The molecule has 1 aliphatic rings. The predicted octanol–water partition coefficient (Wildman–Crippen LogP) is 2.01. The van der Waals surface area contributed by atoms with Crippen molar-refractivity contribution >= 4 is 29.3 Å². The number of H-pyrrole nitrogens is 1. The number of nitrogens with one attached hydrogen (secondary N) is 3. The molecular formula is C23H20N4O4. The van der Waals surface area contributed by atoms with E-state index in [9.17, 15) is 14.4 Å². The highest BCUT2D eigenvalue weighted by atomic mass is 16.5. The van der Waals surface area contributed by atoms with Crippen molar-refractivity contribution < 1.29 is 19.1 Å². The van der Waals surface area contributed by atoms with Gasteiger partial charge in [-0.25, -0.2) is 4.79 Å². The molecule has 1 aromatic heterocycles. The zero-order valence-electron chi connectivity index (χ0n) is 16.8. The summed E-state index contributed by atoms with van der Waals surface area (Å²) in [6.07, 6.45) is 2.14. The topological polar surface area (TPSA) is 104 Å². The number of urea groups is 1. The largest absolute Gasteiger partial charge is 0.497 e. The molecular weight excluding hydrogens is 396 g/mol. The molecule has 0 radical (unpaired) electrons. The van der Waals surface area contributed by atoms with Crippen LogP contribution in [0.4, 0.5) is 4.79 Å². The van der Waals surface area contributed by atoms with Gasteiger partial charge in [-0.3, -0.25) is 14.9 Å². The monoisotopic (exact) mass is 416 g/mol. The third-order valence-corrected chi connectivity index (χ3v) is 5.04. The zero-order valence-corrected chi connectivity index (χ0v) is 16.8. The van der Waals surface area contributed by atoms with Crippen LogP contribution in [-0.4, -0.2) is 47.9 Å². The lowest BCUT2D eigenvalue weighted by Crippen LogP contribution is -2.46. The van der Waals surface area contributed by atoms with Gasteiger partial charge in [0.2, 0.25) is 6.41 Å². The van der Waals surface area contributed by atoms with Crippen LogP contribution in [-0.2, 0) is 11.3 Å². The predicted molar refractivity (Wildman–Crippen MR) is 114 cm³/mol. The van der Waals surface area contributed by atoms with E-state index in [2.05, 4.69) is 22.1 Å². The number of carbonyl (C=O) groups excluding carboxylic acids is 3. The van der Waals surface area contributed by atoms with Gasteiger partial charge in [-0.15, -0.1) is 0 Å². The Balaban J connectivity index is 1.55. The molecule has 0 unspecified atom stereocenters. The summed E-state index contributed by atoms with van der Waals surface area (Å²) < 4.78 is 5.20. The number of hydrogen-bond acceptors (Lipinski definition) is 4. The van der Waals surface area contributed by atoms with Gasteiger partial charge in [0.15, 0.2) is 0 Å². The molecule has 2 aromatic carbocycles. The van der Waals surface area contributed by atoms with Crippen LogP contribution in [0, 0.1) is 11.8 Å². The van der Waals surface area contributed by atoms with E-state index in [0.29, 0.717) is 24.3 Å². The number of aromatic nitrogens is 1. The second kappa shape index (κ2) is 8.63. The summed E-state index contributed by atoms with van der Waals surface area (Å²) >= 11 is 0. The Bertz CT molecular complexity index is 1220. The molecule has 0 fully saturated rings. The third kappa shape index (κ3) is 4.36. The number of carbonyl (C=O) groups is 3. The molecule has 8 nitrogen and oxygen atoms in total. The van der Waals surface area contributed by atoms with E-state index < -0.39 is 12.1 Å². The van der Waals surface area contributed by atoms with E-state index in [-0.39, 0.29) is 12.5 Å². The maximum atomic E-state index is 12.8. The first-order valence-corrected chi connectivity index (χ1v) is 9.63. The SMILES string of the molecule is COc1ccc2c(c1)C(=O)N(C[C@@H](C#Cc1ccc3cc[nH]c3c1)NC(=O)NC=O)C2. The smallest absolute Gasteiger partial charge is 0.322 e. The van der Waals surface area contributed by atoms with Crippen LogP contribution < -0.4 is 15.4 Å². The summed E-state index contributed by atoms with van der Waals surface area (Å²) in [7, 11) is 1.55. The molecule has 156 valence electrons. The van der Waals surface area contributed by atoms with Crippen molar-refractivity contribution in [2.24, 2.45) is 0 Å². The minimum Gasteiger partial charge on any atom is -0.497 e. The van der Waals surface area contributed by atoms with Crippen molar-refractivity contribution in [2.75, 3.05) is 13.7 Å². The first kappa shape index (κ1) is 20.0. The molecule has 3 aromatic rings. The normalized spacial score (nSPS) is 13.2. The zero-order chi connectivity index (χ0) is 21.8. The number of benzene rings is 2. The Morgan fingerprint density at radius 1 is 1.29 bits per heavy atom. The van der Waals surface area contributed by atoms with Gasteiger partial charge in [0.1, 0.15) is 11.8 Å². The minimum absolute atomic E-state index is 0.161. The Morgan fingerprint density at radius 2 is 2.16 bits per heavy atom. The van der Waals surface area contributed by atoms with E-state index in [4.69, 9.17) is 4.74 Å². The number of imide groups is 1. The number of ether oxygens (including phenoxy) is 1. The van der Waals surface area contributed by atoms with E-state index in [1.807, 2.05) is 41.8 Å². The van der Waals surface area contributed by atoms with Crippen LogP contribution in [0.1, 0.15) is 21.5 Å². The van der Waals surface area contributed by atoms with Crippen LogP contribution in [0.2, 0.25) is 0 Å². The van der Waals surface area contributed by atoms with Crippen molar-refractivity contribution in [2.45, 2.75) is 12.6 Å². The number of rotatable bonds is 5. The summed E-state index contributed by atoms with van der Waals surface area (Å²) in [6.45, 7) is 0.571.